The molecule has 5 heteroatoms. The maximum absolute atomic E-state index is 12.0. The van der Waals surface area contributed by atoms with Crippen LogP contribution in [0.25, 0.3) is 0 Å². The number of nitrogens with two attached hydrogens (primary N) is 1. The molecule has 0 radical (unpaired) electrons. The Bertz CT molecular complexity index is 475. The molecule has 1 aromatic rings. The van der Waals surface area contributed by atoms with Gasteiger partial charge >= 0.3 is 0 Å². The molecule has 0 bridgehead atoms. The van der Waals surface area contributed by atoms with Gasteiger partial charge in [0.15, 0.2) is 0 Å². The van der Waals surface area contributed by atoms with Crippen LogP contribution in [0.15, 0.2) is 30.3 Å². The molecule has 3 N–H and O–H groups in total. The van der Waals surface area contributed by atoms with Gasteiger partial charge in [-0.3, -0.25) is 9.59 Å². The van der Waals surface area contributed by atoms with Crippen LogP contribution in [0.5, 0.6) is 0 Å². The topological polar surface area (TPSA) is 84.7 Å². The number of benzene rings is 1. The smallest absolute Gasteiger partial charge is 0.224 e. The molecule has 0 spiro atoms. The Morgan fingerprint density at radius 1 is 1.35 bits per heavy atom. The van der Waals surface area contributed by atoms with Crippen molar-refractivity contribution in [2.75, 3.05) is 0 Å². The monoisotopic (exact) mass is 276 g/mol. The second-order valence-corrected chi connectivity index (χ2v) is 5.15. The zero-order chi connectivity index (χ0) is 14.5. The number of hydrogen-bond acceptors (Lipinski definition) is 3. The molecule has 0 saturated carbocycles. The van der Waals surface area contributed by atoms with Crippen LogP contribution < -0.4 is 11.1 Å². The molecule has 2 unspecified atom stereocenters. The minimum absolute atomic E-state index is 0.00549. The lowest BCUT2D eigenvalue weighted by molar-refractivity contribution is -0.122. The molecule has 1 heterocycles. The van der Waals surface area contributed by atoms with Gasteiger partial charge in [0.25, 0.3) is 0 Å². The van der Waals surface area contributed by atoms with Gasteiger partial charge in [-0.05, 0) is 18.9 Å². The number of ether oxygens (including phenoxy) is 1. The van der Waals surface area contributed by atoms with Crippen LogP contribution in [0, 0.1) is 0 Å². The lowest BCUT2D eigenvalue weighted by Gasteiger charge is -2.16. The summed E-state index contributed by atoms with van der Waals surface area (Å²) in [6.45, 7) is 1.95. The van der Waals surface area contributed by atoms with Crippen molar-refractivity contribution in [2.45, 2.75) is 44.4 Å². The molecule has 20 heavy (non-hydrogen) atoms. The molecule has 1 fully saturated rings. The van der Waals surface area contributed by atoms with Gasteiger partial charge in [-0.15, -0.1) is 0 Å². The highest BCUT2D eigenvalue weighted by Gasteiger charge is 2.41. The van der Waals surface area contributed by atoms with Gasteiger partial charge in [-0.25, -0.2) is 0 Å². The molecule has 1 aliphatic heterocycles. The first kappa shape index (κ1) is 14.5. The maximum atomic E-state index is 12.0. The number of carbonyl (C=O) groups excluding carboxylic acids is 2. The third-order valence-electron chi connectivity index (χ3n) is 3.41. The Morgan fingerprint density at radius 3 is 2.55 bits per heavy atom. The summed E-state index contributed by atoms with van der Waals surface area (Å²) in [5, 5.41) is 2.94. The zero-order valence-corrected chi connectivity index (χ0v) is 11.5. The summed E-state index contributed by atoms with van der Waals surface area (Å²) < 4.78 is 5.40. The Hall–Kier alpha value is -1.88. The number of epoxide rings is 1. The number of rotatable bonds is 7. The van der Waals surface area contributed by atoms with Crippen LogP contribution in [0.2, 0.25) is 0 Å². The van der Waals surface area contributed by atoms with Crippen molar-refractivity contribution in [1.82, 2.24) is 5.32 Å². The van der Waals surface area contributed by atoms with E-state index in [1.165, 1.54) is 0 Å². The van der Waals surface area contributed by atoms with Crippen molar-refractivity contribution >= 4 is 11.8 Å². The summed E-state index contributed by atoms with van der Waals surface area (Å²) in [4.78, 5) is 22.9. The number of primary amides is 1. The average Bonchev–Trinajstić information content (AvgIpc) is 3.12. The fourth-order valence-corrected chi connectivity index (χ4v) is 2.28. The molecule has 1 aliphatic rings. The second-order valence-electron chi connectivity index (χ2n) is 5.15. The quantitative estimate of drug-likeness (QED) is 0.721. The standard InChI is InChI=1S/C15H20N2O3/c1-10-15(20-10)12(7-8-13(16)18)17-14(19)9-11-5-3-2-4-6-11/h2-6,10,12,15H,7-9H2,1H3,(H2,16,18)(H,17,19)/t10?,12-,15?/m0/s1. The maximum Gasteiger partial charge on any atom is 0.224 e. The number of carbonyl (C=O) groups is 2. The van der Waals surface area contributed by atoms with Crippen LogP contribution >= 0.6 is 0 Å². The fraction of sp³-hybridized carbons (Fsp3) is 0.467. The number of nitrogens with one attached hydrogen (secondary N) is 1. The molecule has 2 rings (SSSR count). The Morgan fingerprint density at radius 2 is 2.00 bits per heavy atom. The normalized spacial score (nSPS) is 22.1. The van der Waals surface area contributed by atoms with Crippen molar-refractivity contribution in [3.05, 3.63) is 35.9 Å². The molecule has 3 atom stereocenters. The summed E-state index contributed by atoms with van der Waals surface area (Å²) in [6, 6.07) is 9.39. The Labute approximate surface area is 118 Å². The molecule has 1 aromatic carbocycles. The Balaban J connectivity index is 1.86. The number of amides is 2. The summed E-state index contributed by atoms with van der Waals surface area (Å²) >= 11 is 0. The summed E-state index contributed by atoms with van der Waals surface area (Å²) in [6.07, 6.45) is 1.22. The predicted octanol–water partition coefficient (Wildman–Crippen LogP) is 0.767. The molecule has 0 aromatic heterocycles. The van der Waals surface area contributed by atoms with Gasteiger partial charge in [-0.2, -0.15) is 0 Å². The fourth-order valence-electron chi connectivity index (χ4n) is 2.28. The second kappa shape index (κ2) is 6.52. The van der Waals surface area contributed by atoms with Gasteiger partial charge < -0.3 is 15.8 Å². The van der Waals surface area contributed by atoms with E-state index in [0.29, 0.717) is 12.8 Å². The SMILES string of the molecule is CC1OC1[C@H](CCC(N)=O)NC(=O)Cc1ccccc1. The molecule has 1 saturated heterocycles. The van der Waals surface area contributed by atoms with E-state index >= 15 is 0 Å². The van der Waals surface area contributed by atoms with Crippen LogP contribution in [0.3, 0.4) is 0 Å². The van der Waals surface area contributed by atoms with E-state index in [2.05, 4.69) is 5.32 Å². The first-order chi connectivity index (χ1) is 9.56. The van der Waals surface area contributed by atoms with Gasteiger partial charge in [0, 0.05) is 6.42 Å². The summed E-state index contributed by atoms with van der Waals surface area (Å²) in [5.41, 5.74) is 6.12. The largest absolute Gasteiger partial charge is 0.370 e. The highest BCUT2D eigenvalue weighted by atomic mass is 16.6. The third-order valence-corrected chi connectivity index (χ3v) is 3.41. The van der Waals surface area contributed by atoms with E-state index in [0.717, 1.165) is 5.56 Å². The lowest BCUT2D eigenvalue weighted by Crippen LogP contribution is -2.40. The predicted molar refractivity (Wildman–Crippen MR) is 74.8 cm³/mol. The van der Waals surface area contributed by atoms with Crippen molar-refractivity contribution in [3.63, 3.8) is 0 Å². The van der Waals surface area contributed by atoms with Gasteiger partial charge in [0.05, 0.1) is 18.6 Å². The van der Waals surface area contributed by atoms with E-state index in [9.17, 15) is 9.59 Å². The third kappa shape index (κ3) is 4.35. The van der Waals surface area contributed by atoms with E-state index in [1.54, 1.807) is 0 Å². The van der Waals surface area contributed by atoms with Crippen molar-refractivity contribution in [3.8, 4) is 0 Å². The van der Waals surface area contributed by atoms with E-state index in [-0.39, 0.29) is 36.5 Å². The van der Waals surface area contributed by atoms with Crippen LogP contribution in [-0.2, 0) is 20.7 Å². The van der Waals surface area contributed by atoms with E-state index in [1.807, 2.05) is 37.3 Å². The van der Waals surface area contributed by atoms with E-state index in [4.69, 9.17) is 10.5 Å². The lowest BCUT2D eigenvalue weighted by atomic mass is 10.0. The van der Waals surface area contributed by atoms with Gasteiger partial charge in [-0.1, -0.05) is 30.3 Å². The minimum atomic E-state index is -0.361. The average molecular weight is 276 g/mol. The first-order valence-electron chi connectivity index (χ1n) is 6.83. The first-order valence-corrected chi connectivity index (χ1v) is 6.83. The van der Waals surface area contributed by atoms with Crippen molar-refractivity contribution in [1.29, 1.82) is 0 Å². The van der Waals surface area contributed by atoms with Gasteiger partial charge in [0.1, 0.15) is 6.10 Å². The van der Waals surface area contributed by atoms with Crippen molar-refractivity contribution < 1.29 is 14.3 Å². The highest BCUT2D eigenvalue weighted by Crippen LogP contribution is 2.27. The van der Waals surface area contributed by atoms with Gasteiger partial charge in [0.2, 0.25) is 11.8 Å². The van der Waals surface area contributed by atoms with Crippen LogP contribution in [-0.4, -0.2) is 30.1 Å². The van der Waals surface area contributed by atoms with E-state index < -0.39 is 0 Å². The minimum Gasteiger partial charge on any atom is -0.370 e. The number of hydrogen-bond donors (Lipinski definition) is 2. The van der Waals surface area contributed by atoms with Crippen molar-refractivity contribution in [2.24, 2.45) is 5.73 Å². The molecular formula is C15H20N2O3. The van der Waals surface area contributed by atoms with Crippen LogP contribution in [0.4, 0.5) is 0 Å². The zero-order valence-electron chi connectivity index (χ0n) is 11.5. The summed E-state index contributed by atoms with van der Waals surface area (Å²) in [7, 11) is 0. The molecule has 108 valence electrons. The molecular weight excluding hydrogens is 256 g/mol. The van der Waals surface area contributed by atoms with Crippen LogP contribution in [0.1, 0.15) is 25.3 Å². The Kier molecular flexibility index (Phi) is 4.74. The molecule has 2 amide bonds. The highest BCUT2D eigenvalue weighted by molar-refractivity contribution is 5.79. The molecule has 0 aliphatic carbocycles. The molecule has 5 nitrogen and oxygen atoms in total. The summed E-state index contributed by atoms with van der Waals surface area (Å²) in [5.74, 6) is -0.422.